The van der Waals surface area contributed by atoms with Crippen LogP contribution in [0.25, 0.3) is 0 Å². The predicted octanol–water partition coefficient (Wildman–Crippen LogP) is 0.389. The van der Waals surface area contributed by atoms with Crippen molar-refractivity contribution < 1.29 is 98.0 Å². The summed E-state index contributed by atoms with van der Waals surface area (Å²) in [6.45, 7) is 2.96. The number of amidine groups is 1. The summed E-state index contributed by atoms with van der Waals surface area (Å²) in [4.78, 5) is 56.2. The molecule has 2 heterocycles. The van der Waals surface area contributed by atoms with Gasteiger partial charge in [0.15, 0.2) is 0 Å². The summed E-state index contributed by atoms with van der Waals surface area (Å²) in [7, 11) is -18.7. The van der Waals surface area contributed by atoms with Crippen LogP contribution in [0.3, 0.4) is 0 Å². The van der Waals surface area contributed by atoms with Gasteiger partial charge in [-0.3, -0.25) is 38.2 Å². The molecule has 0 radical (unpaired) electrons. The number of nitrogens with one attached hydrogen (secondary N) is 5. The molecule has 2 aliphatic rings. The molecular formula is C47H65N7O22S5. The molecule has 450 valence electrons. The highest BCUT2D eigenvalue weighted by molar-refractivity contribution is 8.00. The van der Waals surface area contributed by atoms with E-state index in [9.17, 15) is 57.4 Å². The van der Waals surface area contributed by atoms with Crippen LogP contribution in [0, 0.1) is 26.2 Å². The first kappa shape index (κ1) is 66.4. The topological polar surface area (TPSA) is 431 Å². The fourth-order valence-corrected chi connectivity index (χ4v) is 12.6. The molecule has 4 amide bonds. The number of nitrogen functional groups attached to an aromatic ring is 1. The van der Waals surface area contributed by atoms with Gasteiger partial charge in [0.05, 0.1) is 50.8 Å². The Morgan fingerprint density at radius 2 is 1.46 bits per heavy atom. The maximum absolute atomic E-state index is 14.4. The zero-order valence-corrected chi connectivity index (χ0v) is 48.3. The Labute approximate surface area is 473 Å². The van der Waals surface area contributed by atoms with Crippen LogP contribution in [0.15, 0.2) is 59.5 Å². The molecule has 10 N–H and O–H groups in total. The molecule has 34 heteroatoms. The number of carbonyl (C=O) groups is 4. The lowest BCUT2D eigenvalue weighted by Gasteiger charge is -2.40. The van der Waals surface area contributed by atoms with Crippen LogP contribution >= 0.6 is 11.8 Å². The van der Waals surface area contributed by atoms with Crippen LogP contribution in [0.4, 0.5) is 5.69 Å². The minimum Gasteiger partial charge on any atom is -0.496 e. The third kappa shape index (κ3) is 21.1. The second-order valence-electron chi connectivity index (χ2n) is 18.4. The molecule has 0 bridgehead atoms. The molecule has 0 aliphatic carbocycles. The third-order valence-electron chi connectivity index (χ3n) is 12.5. The van der Waals surface area contributed by atoms with E-state index in [0.29, 0.717) is 46.7 Å². The summed E-state index contributed by atoms with van der Waals surface area (Å²) in [6.07, 6.45) is -4.95. The molecule has 0 saturated carbocycles. The van der Waals surface area contributed by atoms with Crippen molar-refractivity contribution in [2.24, 2.45) is 5.73 Å². The number of anilines is 1. The van der Waals surface area contributed by atoms with Crippen molar-refractivity contribution in [2.75, 3.05) is 76.6 Å². The summed E-state index contributed by atoms with van der Waals surface area (Å²) in [5, 5.41) is 15.8. The molecule has 81 heavy (non-hydrogen) atoms. The number of carbonyl (C=O) groups excluding carboxylic acids is 4. The number of thioether (sulfide) groups is 1. The summed E-state index contributed by atoms with van der Waals surface area (Å²) >= 11 is 0.940. The summed E-state index contributed by atoms with van der Waals surface area (Å²) in [6, 6.07) is 11.3. The molecule has 0 spiro atoms. The van der Waals surface area contributed by atoms with Crippen molar-refractivity contribution in [3.63, 3.8) is 0 Å². The molecule has 2 fully saturated rings. The van der Waals surface area contributed by atoms with E-state index in [-0.39, 0.29) is 65.6 Å². The largest absolute Gasteiger partial charge is 0.496 e. The number of likely N-dealkylation sites (tertiary alicyclic amines) is 1. The number of nitrogens with zero attached hydrogens (tertiary/aromatic N) is 1. The van der Waals surface area contributed by atoms with Gasteiger partial charge in [0.2, 0.25) is 27.7 Å². The van der Waals surface area contributed by atoms with Crippen molar-refractivity contribution >= 4 is 88.1 Å². The Bertz CT molecular complexity index is 3170. The first-order valence-corrected chi connectivity index (χ1v) is 31.4. The molecule has 3 aromatic carbocycles. The van der Waals surface area contributed by atoms with Gasteiger partial charge in [0.25, 0.3) is 5.91 Å². The van der Waals surface area contributed by atoms with Crippen molar-refractivity contribution in [3.8, 4) is 5.75 Å². The number of ether oxygens (including phenoxy) is 4. The van der Waals surface area contributed by atoms with Crippen molar-refractivity contribution in [1.29, 1.82) is 5.41 Å². The zero-order chi connectivity index (χ0) is 59.9. The highest BCUT2D eigenvalue weighted by Crippen LogP contribution is 2.31. The standard InChI is InChI=1S/C47H65N7O22S5/c1-28-22-37(70-4)29(2)30(3)43(28)78(59,60)53-36(46(57)52-35(47(58)54-17-6-5-7-18-54)23-31-8-10-32(11-9-31)44(48)49)26-77-27-40(55)51-34-14-12-33(13-15-34)45(56)50-16-19-71-20-21-72-41-38(25-74-79(61,62)63)73-24-39(75-80(64,65)66)42(41)76-81(67,68)69/h8-15,22,35-36,38-39,41-42,53H,5-7,16-21,23-27H2,1-4H3,(H3,48,49)(H,50,56)(H,51,55)(H,52,57)(H,61,62,63)(H,64,65,66)(H,67,68,69)/t35?,36-,38?,39?,41-,42+/m0/s1. The van der Waals surface area contributed by atoms with E-state index in [1.54, 1.807) is 56.0 Å². The van der Waals surface area contributed by atoms with E-state index < -0.39 is 115 Å². The Kier molecular flexibility index (Phi) is 24.3. The number of aryl methyl sites for hydroxylation is 1. The SMILES string of the molecule is COc1cc(C)c(S(=O)(=O)N[C@@H](CSCC(=O)Nc2ccc(C(=O)NCCOCCO[C@H]3C(COS(=O)(=O)O)OCC(OS(=O)(=O)O)[C@H]3OS(=O)(=O)O)cc2)C(=O)NC(Cc2ccc(C(=N)N)cc2)C(=O)N2CCCCC2)c(C)c1C. The van der Waals surface area contributed by atoms with Gasteiger partial charge < -0.3 is 45.5 Å². The highest BCUT2D eigenvalue weighted by Gasteiger charge is 2.47. The van der Waals surface area contributed by atoms with E-state index in [0.717, 1.165) is 31.0 Å². The lowest BCUT2D eigenvalue weighted by atomic mass is 10.0. The van der Waals surface area contributed by atoms with Crippen LogP contribution in [-0.2, 0) is 88.8 Å². The normalized spacial score (nSPS) is 18.8. The smallest absolute Gasteiger partial charge is 0.397 e. The van der Waals surface area contributed by atoms with Gasteiger partial charge in [-0.25, -0.2) is 21.0 Å². The van der Waals surface area contributed by atoms with E-state index >= 15 is 0 Å². The number of hydrogen-bond acceptors (Lipinski definition) is 21. The monoisotopic (exact) mass is 1240 g/mol. The van der Waals surface area contributed by atoms with Crippen LogP contribution in [-0.4, -0.2) is 189 Å². The molecule has 2 aliphatic heterocycles. The maximum atomic E-state index is 14.4. The number of benzene rings is 3. The van der Waals surface area contributed by atoms with Gasteiger partial charge in [-0.1, -0.05) is 24.3 Å². The van der Waals surface area contributed by atoms with Crippen LogP contribution in [0.5, 0.6) is 5.75 Å². The zero-order valence-electron chi connectivity index (χ0n) is 44.2. The van der Waals surface area contributed by atoms with Crippen LogP contribution in [0.1, 0.15) is 57.4 Å². The van der Waals surface area contributed by atoms with Crippen molar-refractivity contribution in [3.05, 3.63) is 88.0 Å². The molecule has 3 aromatic rings. The van der Waals surface area contributed by atoms with Gasteiger partial charge >= 0.3 is 31.2 Å². The number of nitrogens with two attached hydrogens (primary N) is 1. The summed E-state index contributed by atoms with van der Waals surface area (Å²) in [5.41, 5.74) is 8.49. The number of methoxy groups -OCH3 is 1. The predicted molar refractivity (Wildman–Crippen MR) is 290 cm³/mol. The van der Waals surface area contributed by atoms with Gasteiger partial charge in [0, 0.05) is 48.6 Å². The van der Waals surface area contributed by atoms with E-state index in [4.69, 9.17) is 39.2 Å². The van der Waals surface area contributed by atoms with Gasteiger partial charge in [-0.2, -0.15) is 30.0 Å². The first-order chi connectivity index (χ1) is 37.9. The second-order valence-corrected chi connectivity index (χ2v) is 24.3. The fourth-order valence-electron chi connectivity index (χ4n) is 8.60. The number of rotatable bonds is 30. The van der Waals surface area contributed by atoms with E-state index in [1.165, 1.54) is 31.4 Å². The lowest BCUT2D eigenvalue weighted by Crippen LogP contribution is -2.58. The third-order valence-corrected chi connectivity index (χ3v) is 16.7. The first-order valence-electron chi connectivity index (χ1n) is 24.6. The summed E-state index contributed by atoms with van der Waals surface area (Å²) < 4.78 is 162. The van der Waals surface area contributed by atoms with E-state index in [2.05, 4.69) is 33.2 Å². The minimum absolute atomic E-state index is 0.0365. The average Bonchev–Trinajstić information content (AvgIpc) is 3.38. The van der Waals surface area contributed by atoms with Gasteiger partial charge in [0.1, 0.15) is 48.1 Å². The molecular weight excluding hydrogens is 1170 g/mol. The Hall–Kier alpha value is -5.44. The Morgan fingerprint density at radius 1 is 0.815 bits per heavy atom. The molecule has 29 nitrogen and oxygen atoms in total. The number of amides is 4. The number of piperidine rings is 1. The Morgan fingerprint density at radius 3 is 2.06 bits per heavy atom. The fraction of sp³-hybridized carbons (Fsp3) is 0.511. The maximum Gasteiger partial charge on any atom is 0.397 e. The minimum atomic E-state index is -5.37. The van der Waals surface area contributed by atoms with Crippen molar-refractivity contribution in [2.45, 2.75) is 87.8 Å². The average molecular weight is 1240 g/mol. The lowest BCUT2D eigenvalue weighted by molar-refractivity contribution is -0.200. The second kappa shape index (κ2) is 29.7. The van der Waals surface area contributed by atoms with Crippen LogP contribution < -0.4 is 31.1 Å². The highest BCUT2D eigenvalue weighted by atomic mass is 32.3. The Balaban J connectivity index is 1.18. The van der Waals surface area contributed by atoms with Gasteiger partial charge in [-0.05, 0) is 92.6 Å². The summed E-state index contributed by atoms with van der Waals surface area (Å²) in [5.74, 6) is -2.49. The van der Waals surface area contributed by atoms with Gasteiger partial charge in [-0.15, -0.1) is 11.8 Å². The van der Waals surface area contributed by atoms with Crippen LogP contribution in [0.2, 0.25) is 0 Å². The van der Waals surface area contributed by atoms with Crippen molar-refractivity contribution in [1.82, 2.24) is 20.3 Å². The molecule has 2 saturated heterocycles. The molecule has 3 unspecified atom stereocenters. The van der Waals surface area contributed by atoms with E-state index in [1.807, 2.05) is 0 Å². The molecule has 5 rings (SSSR count). The quantitative estimate of drug-likeness (QED) is 0.0189. The number of sulfonamides is 1. The molecule has 6 atom stereocenters. The molecule has 0 aromatic heterocycles. The number of hydrogen-bond donors (Lipinski definition) is 9.